The number of anilines is 3. The predicted molar refractivity (Wildman–Crippen MR) is 114 cm³/mol. The van der Waals surface area contributed by atoms with Crippen LogP contribution in [0.3, 0.4) is 0 Å². The quantitative estimate of drug-likeness (QED) is 0.857. The van der Waals surface area contributed by atoms with Crippen LogP contribution in [0.25, 0.3) is 0 Å². The van der Waals surface area contributed by atoms with Crippen LogP contribution in [0.15, 0.2) is 30.5 Å². The second-order valence-corrected chi connectivity index (χ2v) is 7.52. The molecule has 2 aliphatic rings. The number of benzene rings is 1. The number of rotatable bonds is 4. The number of hydrogen-bond acceptors (Lipinski definition) is 6. The summed E-state index contributed by atoms with van der Waals surface area (Å²) in [6.45, 7) is 6.82. The molecule has 0 spiro atoms. The van der Waals surface area contributed by atoms with E-state index in [1.807, 2.05) is 42.3 Å². The van der Waals surface area contributed by atoms with Gasteiger partial charge in [-0.05, 0) is 43.5 Å². The van der Waals surface area contributed by atoms with Gasteiger partial charge in [-0.15, -0.1) is 0 Å². The third kappa shape index (κ3) is 4.36. The Labute approximate surface area is 171 Å². The van der Waals surface area contributed by atoms with E-state index in [2.05, 4.69) is 20.1 Å². The Morgan fingerprint density at radius 3 is 2.52 bits per heavy atom. The van der Waals surface area contributed by atoms with Gasteiger partial charge in [0.05, 0.1) is 12.8 Å². The summed E-state index contributed by atoms with van der Waals surface area (Å²) in [5, 5.41) is 2.98. The van der Waals surface area contributed by atoms with Gasteiger partial charge in [0.1, 0.15) is 11.6 Å². The second-order valence-electron chi connectivity index (χ2n) is 7.52. The van der Waals surface area contributed by atoms with Gasteiger partial charge in [-0.3, -0.25) is 0 Å². The van der Waals surface area contributed by atoms with Crippen molar-refractivity contribution >= 4 is 23.5 Å². The molecule has 0 radical (unpaired) electrons. The van der Waals surface area contributed by atoms with Crippen LogP contribution in [0.2, 0.25) is 0 Å². The third-order valence-corrected chi connectivity index (χ3v) is 5.50. The van der Waals surface area contributed by atoms with Crippen molar-refractivity contribution in [3.8, 4) is 5.75 Å². The number of nitrogens with zero attached hydrogens (tertiary/aromatic N) is 5. The van der Waals surface area contributed by atoms with Gasteiger partial charge in [-0.1, -0.05) is 6.07 Å². The Kier molecular flexibility index (Phi) is 5.69. The molecule has 0 atom stereocenters. The number of aromatic nitrogens is 2. The van der Waals surface area contributed by atoms with Crippen LogP contribution in [-0.4, -0.2) is 67.3 Å². The fourth-order valence-corrected chi connectivity index (χ4v) is 3.84. The van der Waals surface area contributed by atoms with E-state index in [4.69, 9.17) is 9.72 Å². The fraction of sp³-hybridized carbons (Fsp3) is 0.476. The summed E-state index contributed by atoms with van der Waals surface area (Å²) in [5.41, 5.74) is 1.77. The molecular weight excluding hydrogens is 368 g/mol. The van der Waals surface area contributed by atoms with E-state index in [1.54, 1.807) is 7.11 Å². The van der Waals surface area contributed by atoms with Crippen LogP contribution >= 0.6 is 0 Å². The van der Waals surface area contributed by atoms with Gasteiger partial charge in [-0.25, -0.2) is 9.78 Å². The molecule has 2 saturated heterocycles. The molecule has 0 bridgehead atoms. The van der Waals surface area contributed by atoms with Gasteiger partial charge in [0.2, 0.25) is 5.95 Å². The first-order valence-corrected chi connectivity index (χ1v) is 10.2. The number of piperazine rings is 1. The minimum absolute atomic E-state index is 0.103. The van der Waals surface area contributed by atoms with Gasteiger partial charge in [-0.2, -0.15) is 4.98 Å². The summed E-state index contributed by atoms with van der Waals surface area (Å²) in [5.74, 6) is 2.41. The fourth-order valence-electron chi connectivity index (χ4n) is 3.84. The van der Waals surface area contributed by atoms with Crippen LogP contribution in [0.4, 0.5) is 22.2 Å². The van der Waals surface area contributed by atoms with Crippen molar-refractivity contribution in [1.29, 1.82) is 0 Å². The lowest BCUT2D eigenvalue weighted by atomic mass is 10.2. The van der Waals surface area contributed by atoms with E-state index in [9.17, 15) is 4.79 Å². The third-order valence-electron chi connectivity index (χ3n) is 5.50. The molecule has 1 aromatic heterocycles. The number of urea groups is 1. The van der Waals surface area contributed by atoms with E-state index in [0.29, 0.717) is 24.5 Å². The van der Waals surface area contributed by atoms with Crippen LogP contribution in [0, 0.1) is 6.92 Å². The summed E-state index contributed by atoms with van der Waals surface area (Å²) in [6, 6.07) is 7.61. The smallest absolute Gasteiger partial charge is 0.322 e. The Bertz CT molecular complexity index is 860. The molecule has 2 fully saturated rings. The highest BCUT2D eigenvalue weighted by Crippen LogP contribution is 2.26. The first-order valence-electron chi connectivity index (χ1n) is 10.2. The molecule has 29 heavy (non-hydrogen) atoms. The molecule has 0 saturated carbocycles. The molecule has 154 valence electrons. The Balaban J connectivity index is 1.36. The summed E-state index contributed by atoms with van der Waals surface area (Å²) in [6.07, 6.45) is 4.24. The number of amides is 2. The Hall–Kier alpha value is -3.03. The Morgan fingerprint density at radius 1 is 1.03 bits per heavy atom. The van der Waals surface area contributed by atoms with Crippen LogP contribution in [-0.2, 0) is 0 Å². The SMILES string of the molecule is COc1ccc(C)cc1NC(=O)N1CCN(c2ccnc(N3CCCC3)n2)CC1. The number of nitrogens with one attached hydrogen (secondary N) is 1. The minimum Gasteiger partial charge on any atom is -0.495 e. The van der Waals surface area contributed by atoms with E-state index in [1.165, 1.54) is 12.8 Å². The molecule has 0 unspecified atom stereocenters. The zero-order valence-electron chi connectivity index (χ0n) is 17.1. The molecule has 2 amide bonds. The molecule has 2 aliphatic heterocycles. The second kappa shape index (κ2) is 8.55. The first kappa shape index (κ1) is 19.3. The van der Waals surface area contributed by atoms with Crippen molar-refractivity contribution in [1.82, 2.24) is 14.9 Å². The van der Waals surface area contributed by atoms with Crippen molar-refractivity contribution in [3.05, 3.63) is 36.0 Å². The molecule has 2 aromatic rings. The molecule has 1 N–H and O–H groups in total. The zero-order chi connectivity index (χ0) is 20.2. The van der Waals surface area contributed by atoms with Gasteiger partial charge in [0, 0.05) is 45.5 Å². The molecule has 8 heteroatoms. The summed E-state index contributed by atoms with van der Waals surface area (Å²) >= 11 is 0. The Morgan fingerprint density at radius 2 is 1.79 bits per heavy atom. The van der Waals surface area contributed by atoms with E-state index >= 15 is 0 Å². The molecule has 1 aromatic carbocycles. The number of carbonyl (C=O) groups is 1. The maximum Gasteiger partial charge on any atom is 0.322 e. The van der Waals surface area contributed by atoms with Gasteiger partial charge < -0.3 is 24.8 Å². The van der Waals surface area contributed by atoms with E-state index in [0.717, 1.165) is 43.5 Å². The molecule has 0 aliphatic carbocycles. The molecule has 8 nitrogen and oxygen atoms in total. The number of ether oxygens (including phenoxy) is 1. The number of hydrogen-bond donors (Lipinski definition) is 1. The predicted octanol–water partition coefficient (Wildman–Crippen LogP) is 2.75. The topological polar surface area (TPSA) is 73.8 Å². The maximum absolute atomic E-state index is 12.7. The lowest BCUT2D eigenvalue weighted by molar-refractivity contribution is 0.208. The van der Waals surface area contributed by atoms with Crippen molar-refractivity contribution in [2.75, 3.05) is 61.5 Å². The van der Waals surface area contributed by atoms with Crippen molar-refractivity contribution in [2.45, 2.75) is 19.8 Å². The molecule has 3 heterocycles. The maximum atomic E-state index is 12.7. The highest BCUT2D eigenvalue weighted by atomic mass is 16.5. The average Bonchev–Trinajstić information content (AvgIpc) is 3.29. The van der Waals surface area contributed by atoms with Crippen molar-refractivity contribution in [2.24, 2.45) is 0 Å². The number of carbonyl (C=O) groups excluding carboxylic acids is 1. The number of aryl methyl sites for hydroxylation is 1. The van der Waals surface area contributed by atoms with Crippen LogP contribution < -0.4 is 19.9 Å². The lowest BCUT2D eigenvalue weighted by Crippen LogP contribution is -2.50. The van der Waals surface area contributed by atoms with Crippen LogP contribution in [0.1, 0.15) is 18.4 Å². The van der Waals surface area contributed by atoms with Crippen LogP contribution in [0.5, 0.6) is 5.75 Å². The highest BCUT2D eigenvalue weighted by Gasteiger charge is 2.24. The van der Waals surface area contributed by atoms with Gasteiger partial charge in [0.25, 0.3) is 0 Å². The largest absolute Gasteiger partial charge is 0.495 e. The van der Waals surface area contributed by atoms with E-state index in [-0.39, 0.29) is 6.03 Å². The molecule has 4 rings (SSSR count). The summed E-state index contributed by atoms with van der Waals surface area (Å²) in [4.78, 5) is 28.2. The highest BCUT2D eigenvalue weighted by molar-refractivity contribution is 5.91. The zero-order valence-corrected chi connectivity index (χ0v) is 17.1. The summed E-state index contributed by atoms with van der Waals surface area (Å²) < 4.78 is 5.36. The minimum atomic E-state index is -0.103. The van der Waals surface area contributed by atoms with Gasteiger partial charge >= 0.3 is 6.03 Å². The standard InChI is InChI=1S/C21H28N6O2/c1-16-5-6-18(29-2)17(15-16)23-21(28)27-13-11-25(12-14-27)19-7-8-22-20(24-19)26-9-3-4-10-26/h5-8,15H,3-4,9-14H2,1-2H3,(H,23,28). The van der Waals surface area contributed by atoms with Crippen molar-refractivity contribution < 1.29 is 9.53 Å². The lowest BCUT2D eigenvalue weighted by Gasteiger charge is -2.35. The average molecular weight is 396 g/mol. The number of methoxy groups -OCH3 is 1. The normalized spacial score (nSPS) is 16.8. The van der Waals surface area contributed by atoms with E-state index < -0.39 is 0 Å². The first-order chi connectivity index (χ1) is 14.1. The summed E-state index contributed by atoms with van der Waals surface area (Å²) in [7, 11) is 1.61. The monoisotopic (exact) mass is 396 g/mol. The van der Waals surface area contributed by atoms with Crippen molar-refractivity contribution in [3.63, 3.8) is 0 Å². The molecular formula is C21H28N6O2. The van der Waals surface area contributed by atoms with Gasteiger partial charge in [0.15, 0.2) is 0 Å².